The van der Waals surface area contributed by atoms with Crippen LogP contribution >= 0.6 is 11.6 Å². The first-order chi connectivity index (χ1) is 12.7. The van der Waals surface area contributed by atoms with Gasteiger partial charge in [0.05, 0.1) is 0 Å². The van der Waals surface area contributed by atoms with Crippen molar-refractivity contribution in [3.05, 3.63) is 64.7 Å². The molecule has 0 aromatic heterocycles. The first-order valence-electron chi connectivity index (χ1n) is 9.14. The summed E-state index contributed by atoms with van der Waals surface area (Å²) in [6, 6.07) is 16.4. The van der Waals surface area contributed by atoms with Gasteiger partial charge in [-0.2, -0.15) is 0 Å². The first kappa shape index (κ1) is 19.2. The van der Waals surface area contributed by atoms with Gasteiger partial charge in [-0.15, -0.1) is 0 Å². The lowest BCUT2D eigenvalue weighted by Crippen LogP contribution is -2.51. The van der Waals surface area contributed by atoms with Gasteiger partial charge in [0.15, 0.2) is 0 Å². The molecule has 0 saturated carbocycles. The minimum absolute atomic E-state index is 0.240. The van der Waals surface area contributed by atoms with Crippen LogP contribution in [0, 0.1) is 0 Å². The zero-order valence-corrected chi connectivity index (χ0v) is 16.0. The Bertz CT molecular complexity index is 693. The van der Waals surface area contributed by atoms with Crippen LogP contribution in [0.25, 0.3) is 0 Å². The zero-order chi connectivity index (χ0) is 18.4. The van der Waals surface area contributed by atoms with Gasteiger partial charge >= 0.3 is 0 Å². The van der Waals surface area contributed by atoms with Crippen molar-refractivity contribution < 1.29 is 9.84 Å². The van der Waals surface area contributed by atoms with Gasteiger partial charge < -0.3 is 14.7 Å². The van der Waals surface area contributed by atoms with Crippen LogP contribution in [0.4, 0.5) is 0 Å². The van der Waals surface area contributed by atoms with Crippen LogP contribution in [0.2, 0.25) is 5.02 Å². The molecule has 0 radical (unpaired) electrons. The Balaban J connectivity index is 1.62. The summed E-state index contributed by atoms with van der Waals surface area (Å²) in [5.74, 6) is 0.931. The first-order valence-corrected chi connectivity index (χ1v) is 9.52. The van der Waals surface area contributed by atoms with Crippen molar-refractivity contribution in [1.82, 2.24) is 9.80 Å². The Kier molecular flexibility index (Phi) is 6.92. The molecule has 140 valence electrons. The molecule has 0 aliphatic carbocycles. The van der Waals surface area contributed by atoms with Crippen molar-refractivity contribution in [2.45, 2.75) is 25.6 Å². The number of hydrogen-bond donors (Lipinski definition) is 1. The van der Waals surface area contributed by atoms with Crippen molar-refractivity contribution in [2.75, 3.05) is 33.3 Å². The smallest absolute Gasteiger partial charge is 0.124 e. The maximum atomic E-state index is 9.28. The third kappa shape index (κ3) is 5.21. The van der Waals surface area contributed by atoms with E-state index in [9.17, 15) is 5.11 Å². The fraction of sp³-hybridized carbons (Fsp3) is 0.429. The number of rotatable bonds is 7. The molecular weight excluding hydrogens is 348 g/mol. The molecule has 4 nitrogen and oxygen atoms in total. The molecule has 3 rings (SSSR count). The minimum Gasteiger partial charge on any atom is -0.489 e. The summed E-state index contributed by atoms with van der Waals surface area (Å²) in [4.78, 5) is 4.79. The number of benzene rings is 2. The van der Waals surface area contributed by atoms with Gasteiger partial charge in [0.25, 0.3) is 0 Å². The summed E-state index contributed by atoms with van der Waals surface area (Å²) < 4.78 is 6.08. The predicted molar refractivity (Wildman–Crippen MR) is 106 cm³/mol. The van der Waals surface area contributed by atoms with Crippen LogP contribution in [0.5, 0.6) is 5.75 Å². The van der Waals surface area contributed by atoms with Crippen molar-refractivity contribution >= 4 is 11.6 Å². The minimum atomic E-state index is 0.240. The highest BCUT2D eigenvalue weighted by Crippen LogP contribution is 2.23. The van der Waals surface area contributed by atoms with E-state index >= 15 is 0 Å². The number of para-hydroxylation sites is 1. The summed E-state index contributed by atoms with van der Waals surface area (Å²) >= 11 is 5.94. The van der Waals surface area contributed by atoms with Crippen molar-refractivity contribution in [3.63, 3.8) is 0 Å². The third-order valence-corrected chi connectivity index (χ3v) is 5.25. The second kappa shape index (κ2) is 9.38. The maximum Gasteiger partial charge on any atom is 0.124 e. The van der Waals surface area contributed by atoms with Gasteiger partial charge in [-0.3, -0.25) is 4.90 Å². The molecule has 0 spiro atoms. The highest BCUT2D eigenvalue weighted by atomic mass is 35.5. The van der Waals surface area contributed by atoms with Crippen molar-refractivity contribution in [2.24, 2.45) is 0 Å². The lowest BCUT2D eigenvalue weighted by atomic mass is 10.1. The molecule has 5 heteroatoms. The normalized spacial score (nSPS) is 18.8. The fourth-order valence-electron chi connectivity index (χ4n) is 3.37. The number of aliphatic hydroxyl groups excluding tert-OH is 1. The Labute approximate surface area is 160 Å². The quantitative estimate of drug-likeness (QED) is 0.805. The lowest BCUT2D eigenvalue weighted by molar-refractivity contribution is 0.0736. The Morgan fingerprint density at radius 1 is 1.12 bits per heavy atom. The van der Waals surface area contributed by atoms with E-state index in [2.05, 4.69) is 29.0 Å². The molecule has 0 unspecified atom stereocenters. The second-order valence-corrected chi connectivity index (χ2v) is 7.34. The van der Waals surface area contributed by atoms with E-state index in [1.165, 1.54) is 5.56 Å². The van der Waals surface area contributed by atoms with Crippen LogP contribution in [0.15, 0.2) is 48.5 Å². The monoisotopic (exact) mass is 374 g/mol. The second-order valence-electron chi connectivity index (χ2n) is 6.90. The molecule has 2 aromatic carbocycles. The van der Waals surface area contributed by atoms with E-state index in [4.69, 9.17) is 16.3 Å². The highest BCUT2D eigenvalue weighted by molar-refractivity contribution is 6.30. The van der Waals surface area contributed by atoms with Gasteiger partial charge in [0, 0.05) is 49.4 Å². The maximum absolute atomic E-state index is 9.28. The molecule has 1 heterocycles. The number of piperazine rings is 1. The molecule has 1 saturated heterocycles. The summed E-state index contributed by atoms with van der Waals surface area (Å²) in [7, 11) is 2.14. The summed E-state index contributed by atoms with van der Waals surface area (Å²) in [5, 5.41) is 10.0. The topological polar surface area (TPSA) is 35.9 Å². The molecule has 1 fully saturated rings. The van der Waals surface area contributed by atoms with Gasteiger partial charge in [0.2, 0.25) is 0 Å². The van der Waals surface area contributed by atoms with Crippen molar-refractivity contribution in [1.29, 1.82) is 0 Å². The van der Waals surface area contributed by atoms with Gasteiger partial charge in [-0.1, -0.05) is 41.9 Å². The molecule has 1 aliphatic rings. The van der Waals surface area contributed by atoms with E-state index in [0.29, 0.717) is 12.6 Å². The summed E-state index contributed by atoms with van der Waals surface area (Å²) in [5.41, 5.74) is 2.31. The molecule has 1 aliphatic heterocycles. The Morgan fingerprint density at radius 2 is 1.88 bits per heavy atom. The van der Waals surface area contributed by atoms with Crippen LogP contribution < -0.4 is 4.74 Å². The number of hydrogen-bond acceptors (Lipinski definition) is 4. The van der Waals surface area contributed by atoms with Gasteiger partial charge in [0.1, 0.15) is 12.4 Å². The predicted octanol–water partition coefficient (Wildman–Crippen LogP) is 3.42. The fourth-order valence-corrected chi connectivity index (χ4v) is 3.50. The van der Waals surface area contributed by atoms with Gasteiger partial charge in [-0.25, -0.2) is 0 Å². The Hall–Kier alpha value is -1.59. The van der Waals surface area contributed by atoms with Gasteiger partial charge in [-0.05, 0) is 37.2 Å². The lowest BCUT2D eigenvalue weighted by Gasteiger charge is -2.39. The largest absolute Gasteiger partial charge is 0.489 e. The summed E-state index contributed by atoms with van der Waals surface area (Å²) in [6.07, 6.45) is 0.821. The van der Waals surface area contributed by atoms with Crippen molar-refractivity contribution in [3.8, 4) is 5.75 Å². The zero-order valence-electron chi connectivity index (χ0n) is 15.3. The van der Waals surface area contributed by atoms with E-state index in [-0.39, 0.29) is 6.61 Å². The van der Waals surface area contributed by atoms with Crippen LogP contribution in [0.1, 0.15) is 17.5 Å². The van der Waals surface area contributed by atoms with Crippen LogP contribution in [-0.2, 0) is 13.2 Å². The number of aliphatic hydroxyl groups is 1. The van der Waals surface area contributed by atoms with E-state index in [1.54, 1.807) is 0 Å². The highest BCUT2D eigenvalue weighted by Gasteiger charge is 2.24. The molecule has 26 heavy (non-hydrogen) atoms. The molecule has 0 amide bonds. The van der Waals surface area contributed by atoms with Crippen LogP contribution in [0.3, 0.4) is 0 Å². The summed E-state index contributed by atoms with van der Waals surface area (Å²) in [6.45, 7) is 4.67. The number of nitrogens with zero attached hydrogens (tertiary/aromatic N) is 2. The average molecular weight is 375 g/mol. The third-order valence-electron chi connectivity index (χ3n) is 5.00. The molecular formula is C21H27ClN2O2. The molecule has 1 atom stereocenters. The molecule has 0 bridgehead atoms. The SMILES string of the molecule is CN1CCN(Cc2ccccc2OCc2ccc(Cl)cc2)C[C@H]1CCO. The van der Waals surface area contributed by atoms with E-state index < -0.39 is 0 Å². The average Bonchev–Trinajstić information content (AvgIpc) is 2.65. The standard InChI is InChI=1S/C21H27ClN2O2/c1-23-11-12-24(15-20(23)10-13-25)14-18-4-2-3-5-21(18)26-16-17-6-8-19(22)9-7-17/h2-9,20,25H,10-16H2,1H3/t20-/m1/s1. The van der Waals surface area contributed by atoms with E-state index in [0.717, 1.165) is 48.9 Å². The molecule has 1 N–H and O–H groups in total. The number of halogens is 1. The number of ether oxygens (including phenoxy) is 1. The Morgan fingerprint density at radius 3 is 2.65 bits per heavy atom. The van der Waals surface area contributed by atoms with Crippen LogP contribution in [-0.4, -0.2) is 54.2 Å². The molecule has 2 aromatic rings. The van der Waals surface area contributed by atoms with E-state index in [1.807, 2.05) is 36.4 Å². The number of likely N-dealkylation sites (N-methyl/N-ethyl adjacent to an activating group) is 1.